The van der Waals surface area contributed by atoms with Crippen LogP contribution in [0.25, 0.3) is 11.4 Å². The molecule has 0 N–H and O–H groups in total. The Morgan fingerprint density at radius 3 is 2.30 bits per heavy atom. The van der Waals surface area contributed by atoms with E-state index in [0.717, 1.165) is 5.56 Å². The van der Waals surface area contributed by atoms with Gasteiger partial charge in [-0.25, -0.2) is 0 Å². The lowest BCUT2D eigenvalue weighted by Gasteiger charge is -2.34. The van der Waals surface area contributed by atoms with Gasteiger partial charge in [-0.05, 0) is 32.9 Å². The van der Waals surface area contributed by atoms with Crippen LogP contribution < -0.4 is 4.74 Å². The summed E-state index contributed by atoms with van der Waals surface area (Å²) in [6.07, 6.45) is 0. The van der Waals surface area contributed by atoms with Crippen LogP contribution in [-0.2, 0) is 11.3 Å². The highest BCUT2D eigenvalue weighted by molar-refractivity contribution is 5.78. The summed E-state index contributed by atoms with van der Waals surface area (Å²) in [5.74, 6) is 1.40. The van der Waals surface area contributed by atoms with E-state index in [9.17, 15) is 4.79 Å². The fourth-order valence-electron chi connectivity index (χ4n) is 2.60. The highest BCUT2D eigenvalue weighted by Gasteiger charge is 2.29. The first kappa shape index (κ1) is 18.6. The van der Waals surface area contributed by atoms with Crippen molar-refractivity contribution in [2.75, 3.05) is 6.61 Å². The average molecular weight is 365 g/mol. The smallest absolute Gasteiger partial charge is 0.261 e. The number of carbonyl (C=O) groups is 1. The number of aromatic nitrogens is 2. The number of ether oxygens (including phenoxy) is 1. The molecule has 0 aliphatic rings. The molecule has 1 heterocycles. The summed E-state index contributed by atoms with van der Waals surface area (Å²) in [5, 5.41) is 4.02. The molecule has 0 fully saturated rings. The summed E-state index contributed by atoms with van der Waals surface area (Å²) in [6, 6.07) is 18.8. The Balaban J connectivity index is 1.70. The largest absolute Gasteiger partial charge is 0.484 e. The van der Waals surface area contributed by atoms with E-state index < -0.39 is 5.54 Å². The van der Waals surface area contributed by atoms with Gasteiger partial charge in [0.25, 0.3) is 5.91 Å². The molecule has 0 aliphatic heterocycles. The molecule has 27 heavy (non-hydrogen) atoms. The lowest BCUT2D eigenvalue weighted by molar-refractivity contribution is -0.139. The molecule has 3 aromatic rings. The van der Waals surface area contributed by atoms with E-state index >= 15 is 0 Å². The van der Waals surface area contributed by atoms with Crippen LogP contribution in [0.5, 0.6) is 5.75 Å². The highest BCUT2D eigenvalue weighted by Crippen LogP contribution is 2.20. The number of para-hydroxylation sites is 1. The molecule has 6 nitrogen and oxygen atoms in total. The van der Waals surface area contributed by atoms with Crippen LogP contribution in [0.4, 0.5) is 0 Å². The molecule has 0 atom stereocenters. The Hall–Kier alpha value is -3.15. The zero-order valence-electron chi connectivity index (χ0n) is 15.8. The Morgan fingerprint density at radius 1 is 1.04 bits per heavy atom. The van der Waals surface area contributed by atoms with Crippen molar-refractivity contribution in [1.29, 1.82) is 0 Å². The molecule has 0 radical (unpaired) electrons. The maximum atomic E-state index is 12.8. The Morgan fingerprint density at radius 2 is 1.67 bits per heavy atom. The maximum Gasteiger partial charge on any atom is 0.261 e. The number of hydrogen-bond acceptors (Lipinski definition) is 5. The zero-order valence-corrected chi connectivity index (χ0v) is 15.8. The van der Waals surface area contributed by atoms with Crippen molar-refractivity contribution >= 4 is 5.91 Å². The second-order valence-corrected chi connectivity index (χ2v) is 7.13. The standard InChI is InChI=1S/C21H23N3O3/c1-21(2,3)24(19(25)15-26-17-12-8-5-9-13-17)14-18-22-20(23-27-18)16-10-6-4-7-11-16/h4-13H,14-15H2,1-3H3. The van der Waals surface area contributed by atoms with Gasteiger partial charge >= 0.3 is 0 Å². The third-order valence-corrected chi connectivity index (χ3v) is 4.01. The molecule has 0 aliphatic carbocycles. The third kappa shape index (κ3) is 4.94. The second-order valence-electron chi connectivity index (χ2n) is 7.13. The quantitative estimate of drug-likeness (QED) is 0.662. The fourth-order valence-corrected chi connectivity index (χ4v) is 2.60. The minimum absolute atomic E-state index is 0.0546. The summed E-state index contributed by atoms with van der Waals surface area (Å²) in [4.78, 5) is 18.9. The topological polar surface area (TPSA) is 68.5 Å². The minimum Gasteiger partial charge on any atom is -0.484 e. The number of benzene rings is 2. The van der Waals surface area contributed by atoms with E-state index in [1.54, 1.807) is 4.90 Å². The first-order chi connectivity index (χ1) is 12.9. The molecule has 6 heteroatoms. The molecule has 0 saturated heterocycles. The lowest BCUT2D eigenvalue weighted by Crippen LogP contribution is -2.47. The van der Waals surface area contributed by atoms with Crippen LogP contribution in [0.15, 0.2) is 65.2 Å². The molecule has 0 unspecified atom stereocenters. The number of nitrogens with zero attached hydrogens (tertiary/aromatic N) is 3. The van der Waals surface area contributed by atoms with Crippen molar-refractivity contribution in [3.05, 3.63) is 66.6 Å². The van der Waals surface area contributed by atoms with E-state index in [4.69, 9.17) is 9.26 Å². The summed E-state index contributed by atoms with van der Waals surface area (Å²) >= 11 is 0. The Labute approximate surface area is 158 Å². The third-order valence-electron chi connectivity index (χ3n) is 4.01. The first-order valence-electron chi connectivity index (χ1n) is 8.80. The number of carbonyl (C=O) groups excluding carboxylic acids is 1. The molecule has 1 aromatic heterocycles. The lowest BCUT2D eigenvalue weighted by atomic mass is 10.1. The van der Waals surface area contributed by atoms with Gasteiger partial charge < -0.3 is 14.2 Å². The molecule has 0 saturated carbocycles. The first-order valence-corrected chi connectivity index (χ1v) is 8.80. The molecule has 140 valence electrons. The van der Waals surface area contributed by atoms with Gasteiger partial charge in [-0.3, -0.25) is 4.79 Å². The van der Waals surface area contributed by atoms with E-state index in [1.807, 2.05) is 81.4 Å². The van der Waals surface area contributed by atoms with Crippen molar-refractivity contribution < 1.29 is 14.1 Å². The van der Waals surface area contributed by atoms with Gasteiger partial charge in [-0.15, -0.1) is 0 Å². The van der Waals surface area contributed by atoms with Crippen molar-refractivity contribution in [2.24, 2.45) is 0 Å². The summed E-state index contributed by atoms with van der Waals surface area (Å²) in [5.41, 5.74) is 0.451. The molecule has 3 rings (SSSR count). The predicted molar refractivity (Wildman–Crippen MR) is 102 cm³/mol. The van der Waals surface area contributed by atoms with Gasteiger partial charge in [0, 0.05) is 11.1 Å². The van der Waals surface area contributed by atoms with Crippen molar-refractivity contribution in [1.82, 2.24) is 15.0 Å². The summed E-state index contributed by atoms with van der Waals surface area (Å²) in [6.45, 7) is 6.05. The second kappa shape index (κ2) is 8.03. The Kier molecular flexibility index (Phi) is 5.54. The SMILES string of the molecule is CC(C)(C)N(Cc1nc(-c2ccccc2)no1)C(=O)COc1ccccc1. The summed E-state index contributed by atoms with van der Waals surface area (Å²) in [7, 11) is 0. The van der Waals surface area contributed by atoms with Crippen LogP contribution in [0.3, 0.4) is 0 Å². The van der Waals surface area contributed by atoms with Crippen molar-refractivity contribution in [3.63, 3.8) is 0 Å². The van der Waals surface area contributed by atoms with Crippen LogP contribution in [0.1, 0.15) is 26.7 Å². The summed E-state index contributed by atoms with van der Waals surface area (Å²) < 4.78 is 11.0. The van der Waals surface area contributed by atoms with Crippen LogP contribution in [0, 0.1) is 0 Å². The normalized spacial score (nSPS) is 11.2. The van der Waals surface area contributed by atoms with Gasteiger partial charge in [0.2, 0.25) is 11.7 Å². The van der Waals surface area contributed by atoms with Crippen LogP contribution in [-0.4, -0.2) is 33.1 Å². The van der Waals surface area contributed by atoms with E-state index in [2.05, 4.69) is 10.1 Å². The van der Waals surface area contributed by atoms with E-state index in [-0.39, 0.29) is 19.1 Å². The fraction of sp³-hybridized carbons (Fsp3) is 0.286. The van der Waals surface area contributed by atoms with Crippen molar-refractivity contribution in [3.8, 4) is 17.1 Å². The molecule has 1 amide bonds. The van der Waals surface area contributed by atoms with Gasteiger partial charge in [-0.2, -0.15) is 4.98 Å². The van der Waals surface area contributed by atoms with Gasteiger partial charge in [0.05, 0.1) is 0 Å². The molecule has 2 aromatic carbocycles. The number of amides is 1. The van der Waals surface area contributed by atoms with E-state index in [1.165, 1.54) is 0 Å². The van der Waals surface area contributed by atoms with Gasteiger partial charge in [0.15, 0.2) is 6.61 Å². The molecule has 0 spiro atoms. The van der Waals surface area contributed by atoms with Crippen LogP contribution in [0.2, 0.25) is 0 Å². The highest BCUT2D eigenvalue weighted by atomic mass is 16.5. The number of hydrogen-bond donors (Lipinski definition) is 0. The average Bonchev–Trinajstić information content (AvgIpc) is 3.14. The molecular formula is C21H23N3O3. The molecule has 0 bridgehead atoms. The molecular weight excluding hydrogens is 342 g/mol. The van der Waals surface area contributed by atoms with Gasteiger partial charge in [-0.1, -0.05) is 53.7 Å². The Bertz CT molecular complexity index is 870. The van der Waals surface area contributed by atoms with E-state index in [0.29, 0.717) is 17.5 Å². The van der Waals surface area contributed by atoms with Gasteiger partial charge in [0.1, 0.15) is 12.3 Å². The van der Waals surface area contributed by atoms with Crippen molar-refractivity contribution in [2.45, 2.75) is 32.9 Å². The predicted octanol–water partition coefficient (Wildman–Crippen LogP) is 3.94. The zero-order chi connectivity index (χ0) is 19.3. The monoisotopic (exact) mass is 365 g/mol. The number of rotatable bonds is 6. The minimum atomic E-state index is -0.418. The van der Waals surface area contributed by atoms with Crippen LogP contribution >= 0.6 is 0 Å². The maximum absolute atomic E-state index is 12.8.